The molecule has 4 unspecified atom stereocenters. The van der Waals surface area contributed by atoms with Gasteiger partial charge in [-0.25, -0.2) is 14.4 Å². The fourth-order valence-electron chi connectivity index (χ4n) is 5.48. The first-order chi connectivity index (χ1) is 29.2. The Bertz CT molecular complexity index is 1780. The Morgan fingerprint density at radius 3 is 1.27 bits per heavy atom. The van der Waals surface area contributed by atoms with E-state index in [0.29, 0.717) is 30.4 Å². The molecule has 6 atom stereocenters. The molecule has 360 valence electrons. The second-order valence-corrected chi connectivity index (χ2v) is 17.7. The summed E-state index contributed by atoms with van der Waals surface area (Å²) in [6, 6.07) is 13.5. The zero-order valence-corrected chi connectivity index (χ0v) is 39.8. The molecule has 0 aliphatic heterocycles. The van der Waals surface area contributed by atoms with Crippen LogP contribution in [0.15, 0.2) is 60.7 Å². The first-order valence-electron chi connectivity index (χ1n) is 21.0. The molecule has 0 radical (unpaired) electrons. The summed E-state index contributed by atoms with van der Waals surface area (Å²) in [6.07, 6.45) is -1.66. The van der Waals surface area contributed by atoms with Crippen LogP contribution in [-0.4, -0.2) is 106 Å². The van der Waals surface area contributed by atoms with Gasteiger partial charge in [0.15, 0.2) is 18.2 Å². The van der Waals surface area contributed by atoms with E-state index >= 15 is 0 Å². The maximum atomic E-state index is 12.7. The highest BCUT2D eigenvalue weighted by atomic mass is 35.5. The van der Waals surface area contributed by atoms with Crippen LogP contribution in [0, 0.1) is 0 Å². The average Bonchev–Trinajstić information content (AvgIpc) is 3.18. The normalized spacial score (nSPS) is 14.1. The van der Waals surface area contributed by atoms with Crippen molar-refractivity contribution < 1.29 is 58.0 Å². The van der Waals surface area contributed by atoms with E-state index in [1.165, 1.54) is 0 Å². The number of benzene rings is 2. The molecule has 0 fully saturated rings. The van der Waals surface area contributed by atoms with Gasteiger partial charge in [-0.15, -0.1) is 12.4 Å². The van der Waals surface area contributed by atoms with Crippen molar-refractivity contribution in [2.24, 2.45) is 5.73 Å². The summed E-state index contributed by atoms with van der Waals surface area (Å²) in [6.45, 7) is 18.3. The maximum Gasteiger partial charge on any atom is 0.407 e. The number of aliphatic hydroxyl groups is 2. The lowest BCUT2D eigenvalue weighted by Crippen LogP contribution is -2.53. The standard InChI is InChI=1S/C25H39N3O7.C20H31N3O5.ClH/c1-8-12-17(27-23(33)35-25(5,6)7)20(30)21(31)26-15-18(29)28-19(16-13-10-9-11-14-16)22(32)34-24(2,3)4;1-5-9-14(21)17(25)18(26)22-12-15(24)23-16(13-10-7-6-8-11-13)19(27)28-20(2,3)4;/h9-11,13-14,17,19-20,30H,8,12,15H2,1-7H3,(H,26,31)(H,27,33)(H,28,29);6-8,10-11,14,16-17,25H,5,9,12,21H2,1-4H3,(H,22,26)(H,23,24);1H/t17?,19-,20?;14?,16-,17?;/m00./s1. The number of nitrogens with one attached hydrogen (secondary N) is 5. The van der Waals surface area contributed by atoms with Crippen LogP contribution in [0.4, 0.5) is 4.79 Å². The molecule has 2 rings (SSSR count). The molecule has 0 aromatic heterocycles. The van der Waals surface area contributed by atoms with Crippen LogP contribution in [0.25, 0.3) is 0 Å². The van der Waals surface area contributed by atoms with Crippen LogP contribution in [-0.2, 0) is 43.0 Å². The number of amides is 5. The minimum Gasteiger partial charge on any atom is -0.458 e. The Balaban J connectivity index is 0.00000125. The number of esters is 2. The van der Waals surface area contributed by atoms with Crippen molar-refractivity contribution in [2.45, 2.75) is 155 Å². The lowest BCUT2D eigenvalue weighted by Gasteiger charge is -2.26. The van der Waals surface area contributed by atoms with E-state index in [2.05, 4.69) is 26.6 Å². The molecular formula is C45H71ClN6O12. The van der Waals surface area contributed by atoms with Gasteiger partial charge in [0.05, 0.1) is 19.1 Å². The predicted octanol–water partition coefficient (Wildman–Crippen LogP) is 3.57. The average molecular weight is 924 g/mol. The predicted molar refractivity (Wildman–Crippen MR) is 243 cm³/mol. The number of carbonyl (C=O) groups excluding carboxylic acids is 7. The quantitative estimate of drug-likeness (QED) is 0.0741. The second-order valence-electron chi connectivity index (χ2n) is 17.7. The third kappa shape index (κ3) is 24.0. The number of hydrogen-bond acceptors (Lipinski definition) is 13. The molecule has 0 heterocycles. The Morgan fingerprint density at radius 1 is 0.562 bits per heavy atom. The maximum absolute atomic E-state index is 12.7. The zero-order valence-electron chi connectivity index (χ0n) is 38.9. The summed E-state index contributed by atoms with van der Waals surface area (Å²) in [5.74, 6) is -4.08. The van der Waals surface area contributed by atoms with E-state index in [1.54, 1.807) is 123 Å². The van der Waals surface area contributed by atoms with Crippen LogP contribution in [0.2, 0.25) is 0 Å². The first-order valence-corrected chi connectivity index (χ1v) is 21.0. The molecule has 0 spiro atoms. The fraction of sp³-hybridized carbons (Fsp3) is 0.578. The van der Waals surface area contributed by atoms with Crippen LogP contribution in [0.5, 0.6) is 0 Å². The number of halogens is 1. The number of ether oxygens (including phenoxy) is 3. The summed E-state index contributed by atoms with van der Waals surface area (Å²) >= 11 is 0. The van der Waals surface area contributed by atoms with Crippen LogP contribution in [0.3, 0.4) is 0 Å². The lowest BCUT2D eigenvalue weighted by molar-refractivity contribution is -0.159. The van der Waals surface area contributed by atoms with E-state index in [9.17, 15) is 43.8 Å². The molecule has 18 nitrogen and oxygen atoms in total. The molecule has 0 aliphatic carbocycles. The molecule has 19 heteroatoms. The summed E-state index contributed by atoms with van der Waals surface area (Å²) in [7, 11) is 0. The molecule has 2 aromatic carbocycles. The Hall–Kier alpha value is -5.30. The number of carbonyl (C=O) groups is 7. The smallest absolute Gasteiger partial charge is 0.407 e. The van der Waals surface area contributed by atoms with Crippen molar-refractivity contribution in [1.29, 1.82) is 0 Å². The second kappa shape index (κ2) is 27.8. The van der Waals surface area contributed by atoms with E-state index in [4.69, 9.17) is 19.9 Å². The summed E-state index contributed by atoms with van der Waals surface area (Å²) in [5, 5.41) is 32.6. The number of nitrogens with two attached hydrogens (primary N) is 1. The minimum atomic E-state index is -1.61. The highest BCUT2D eigenvalue weighted by Gasteiger charge is 2.32. The molecule has 0 aliphatic rings. The molecule has 9 N–H and O–H groups in total. The fourth-order valence-corrected chi connectivity index (χ4v) is 5.48. The van der Waals surface area contributed by atoms with Crippen molar-refractivity contribution in [1.82, 2.24) is 26.6 Å². The summed E-state index contributed by atoms with van der Waals surface area (Å²) in [5.41, 5.74) is 4.57. The SMILES string of the molecule is CCCC(N)C(O)C(=O)NCC(=O)N[C@H](C(=O)OC(C)(C)C)c1ccccc1.CCCC(NC(=O)OC(C)(C)C)C(O)C(=O)NCC(=O)N[C@H](C(=O)OC(C)(C)C)c1ccccc1.Cl. The molecule has 0 saturated heterocycles. The van der Waals surface area contributed by atoms with Crippen LogP contribution >= 0.6 is 12.4 Å². The number of hydrogen-bond donors (Lipinski definition) is 8. The number of aliphatic hydroxyl groups excluding tert-OH is 2. The highest BCUT2D eigenvalue weighted by molar-refractivity contribution is 5.91. The van der Waals surface area contributed by atoms with E-state index in [1.807, 2.05) is 13.8 Å². The van der Waals surface area contributed by atoms with Gasteiger partial charge in [-0.05, 0) is 86.3 Å². The van der Waals surface area contributed by atoms with Gasteiger partial charge in [-0.1, -0.05) is 87.4 Å². The Kier molecular flexibility index (Phi) is 25.5. The van der Waals surface area contributed by atoms with Crippen molar-refractivity contribution in [3.8, 4) is 0 Å². The Morgan fingerprint density at radius 2 is 0.922 bits per heavy atom. The van der Waals surface area contributed by atoms with Crippen molar-refractivity contribution in [3.05, 3.63) is 71.8 Å². The summed E-state index contributed by atoms with van der Waals surface area (Å²) in [4.78, 5) is 86.5. The topological polar surface area (TPSA) is 274 Å². The third-order valence-electron chi connectivity index (χ3n) is 8.26. The van der Waals surface area contributed by atoms with Crippen molar-refractivity contribution in [2.75, 3.05) is 13.1 Å². The van der Waals surface area contributed by atoms with Gasteiger partial charge in [-0.3, -0.25) is 19.2 Å². The van der Waals surface area contributed by atoms with Gasteiger partial charge in [0.25, 0.3) is 11.8 Å². The minimum absolute atomic E-state index is 0. The molecular weight excluding hydrogens is 852 g/mol. The van der Waals surface area contributed by atoms with Gasteiger partial charge in [0.2, 0.25) is 11.8 Å². The number of alkyl carbamates (subject to hydrolysis) is 1. The van der Waals surface area contributed by atoms with Crippen molar-refractivity contribution >= 4 is 54.1 Å². The van der Waals surface area contributed by atoms with Gasteiger partial charge in [0.1, 0.15) is 22.9 Å². The first kappa shape index (κ1) is 58.7. The number of rotatable bonds is 19. The highest BCUT2D eigenvalue weighted by Crippen LogP contribution is 2.20. The van der Waals surface area contributed by atoms with Gasteiger partial charge in [0, 0.05) is 6.04 Å². The van der Waals surface area contributed by atoms with Gasteiger partial charge < -0.3 is 56.7 Å². The molecule has 64 heavy (non-hydrogen) atoms. The van der Waals surface area contributed by atoms with E-state index in [-0.39, 0.29) is 12.4 Å². The van der Waals surface area contributed by atoms with Crippen molar-refractivity contribution in [3.63, 3.8) is 0 Å². The lowest BCUT2D eigenvalue weighted by atomic mass is 10.1. The molecule has 2 aromatic rings. The third-order valence-corrected chi connectivity index (χ3v) is 8.26. The van der Waals surface area contributed by atoms with Gasteiger partial charge in [-0.2, -0.15) is 0 Å². The van der Waals surface area contributed by atoms with E-state index < -0.39 is 108 Å². The Labute approximate surface area is 383 Å². The molecule has 0 saturated carbocycles. The van der Waals surface area contributed by atoms with Gasteiger partial charge >= 0.3 is 18.0 Å². The molecule has 0 bridgehead atoms. The van der Waals surface area contributed by atoms with E-state index in [0.717, 1.165) is 6.42 Å². The monoisotopic (exact) mass is 922 g/mol. The van der Waals surface area contributed by atoms with Crippen LogP contribution in [0.1, 0.15) is 125 Å². The largest absolute Gasteiger partial charge is 0.458 e. The van der Waals surface area contributed by atoms with Crippen LogP contribution < -0.4 is 32.3 Å². The zero-order chi connectivity index (χ0) is 48.1. The molecule has 5 amide bonds. The summed E-state index contributed by atoms with van der Waals surface area (Å²) < 4.78 is 16.0.